The molecule has 1 saturated carbocycles. The number of likely N-dealkylation sites (tertiary alicyclic amines) is 2. The quantitative estimate of drug-likeness (QED) is 0.333. The van der Waals surface area contributed by atoms with Gasteiger partial charge in [-0.15, -0.1) is 0 Å². The van der Waals surface area contributed by atoms with Crippen molar-refractivity contribution in [1.29, 1.82) is 5.26 Å². The van der Waals surface area contributed by atoms with E-state index in [0.29, 0.717) is 45.9 Å². The van der Waals surface area contributed by atoms with Crippen molar-refractivity contribution in [3.63, 3.8) is 0 Å². The maximum atomic E-state index is 14.4. The lowest BCUT2D eigenvalue weighted by Crippen LogP contribution is -2.51. The topological polar surface area (TPSA) is 98.0 Å². The van der Waals surface area contributed by atoms with E-state index in [0.717, 1.165) is 43.7 Å². The highest BCUT2D eigenvalue weighted by atomic mass is 19.1. The number of halogens is 2. The molecule has 1 atom stereocenters. The first kappa shape index (κ1) is 27.5. The first-order chi connectivity index (χ1) is 20.8. The van der Waals surface area contributed by atoms with Gasteiger partial charge in [0.1, 0.15) is 29.4 Å². The second-order valence-corrected chi connectivity index (χ2v) is 12.3. The normalized spacial score (nSPS) is 19.4. The Balaban J connectivity index is 1.32. The molecular formula is C33H32F2N6O2. The molecule has 4 aromatic rings. The highest BCUT2D eigenvalue weighted by Gasteiger charge is 2.33. The van der Waals surface area contributed by atoms with Crippen LogP contribution < -0.4 is 5.56 Å². The molecule has 1 aliphatic carbocycles. The van der Waals surface area contributed by atoms with Gasteiger partial charge in [-0.1, -0.05) is 13.0 Å². The number of nitriles is 1. The van der Waals surface area contributed by atoms with Crippen molar-refractivity contribution in [3.8, 4) is 23.0 Å². The summed E-state index contributed by atoms with van der Waals surface area (Å²) in [6.07, 6.45) is 4.69. The van der Waals surface area contributed by atoms with E-state index >= 15 is 0 Å². The standard InChI is InChI=1S/C33H32F2N6O2/c1-19-3-2-8-39(14-19)18-25-12-27-22(13-36)15-41(33(43)31(27)37-25)30-10-21(9-29(38-30)20-4-5-20)26-7-6-23(34)11-28(26)32(42)40-16-24(35)17-40/h6-7,9-12,15,19-20,24,37H,2-5,8,14,16-18H2,1H3/t19-/m0/s1. The first-order valence-electron chi connectivity index (χ1n) is 14.9. The minimum absolute atomic E-state index is 0.0228. The van der Waals surface area contributed by atoms with Gasteiger partial charge in [-0.2, -0.15) is 5.26 Å². The third kappa shape index (κ3) is 5.23. The van der Waals surface area contributed by atoms with Crippen LogP contribution in [0.1, 0.15) is 65.8 Å². The summed E-state index contributed by atoms with van der Waals surface area (Å²) >= 11 is 0. The number of alkyl halides is 1. The Morgan fingerprint density at radius 2 is 1.95 bits per heavy atom. The maximum Gasteiger partial charge on any atom is 0.280 e. The number of amides is 1. The molecule has 3 aliphatic rings. The van der Waals surface area contributed by atoms with Gasteiger partial charge in [0, 0.05) is 42.0 Å². The van der Waals surface area contributed by atoms with Crippen molar-refractivity contribution in [2.75, 3.05) is 26.2 Å². The first-order valence-corrected chi connectivity index (χ1v) is 14.9. The fraction of sp³-hybridized carbons (Fsp3) is 0.394. The van der Waals surface area contributed by atoms with Gasteiger partial charge in [0.2, 0.25) is 0 Å². The number of fused-ring (bicyclic) bond motifs is 1. The molecule has 2 aliphatic heterocycles. The molecule has 3 fully saturated rings. The Hall–Kier alpha value is -4.36. The van der Waals surface area contributed by atoms with Crippen LogP contribution in [0.3, 0.4) is 0 Å². The van der Waals surface area contributed by atoms with Crippen molar-refractivity contribution < 1.29 is 13.6 Å². The van der Waals surface area contributed by atoms with Crippen molar-refractivity contribution >= 4 is 16.8 Å². The molecule has 1 N–H and O–H groups in total. The monoisotopic (exact) mass is 582 g/mol. The Kier molecular flexibility index (Phi) is 6.85. The molecular weight excluding hydrogens is 550 g/mol. The second-order valence-electron chi connectivity index (χ2n) is 12.3. The predicted octanol–water partition coefficient (Wildman–Crippen LogP) is 5.29. The average Bonchev–Trinajstić information content (AvgIpc) is 3.75. The number of benzene rings is 1. The molecule has 1 aromatic carbocycles. The second kappa shape index (κ2) is 10.7. The van der Waals surface area contributed by atoms with Crippen LogP contribution >= 0.6 is 0 Å². The number of rotatable bonds is 6. The van der Waals surface area contributed by atoms with E-state index < -0.39 is 17.9 Å². The van der Waals surface area contributed by atoms with Gasteiger partial charge in [0.15, 0.2) is 0 Å². The Bertz CT molecular complexity index is 1850. The molecule has 0 radical (unpaired) electrons. The van der Waals surface area contributed by atoms with Crippen LogP contribution in [-0.4, -0.2) is 62.6 Å². The van der Waals surface area contributed by atoms with Crippen LogP contribution in [0.4, 0.5) is 8.78 Å². The number of piperidine rings is 1. The van der Waals surface area contributed by atoms with Gasteiger partial charge < -0.3 is 9.88 Å². The van der Waals surface area contributed by atoms with E-state index in [-0.39, 0.29) is 30.1 Å². The zero-order valence-corrected chi connectivity index (χ0v) is 23.9. The van der Waals surface area contributed by atoms with Crippen LogP contribution in [0, 0.1) is 23.1 Å². The smallest absolute Gasteiger partial charge is 0.280 e. The highest BCUT2D eigenvalue weighted by Crippen LogP contribution is 2.41. The van der Waals surface area contributed by atoms with Crippen LogP contribution in [0.2, 0.25) is 0 Å². The van der Waals surface area contributed by atoms with E-state index in [4.69, 9.17) is 4.98 Å². The molecule has 43 heavy (non-hydrogen) atoms. The summed E-state index contributed by atoms with van der Waals surface area (Å²) in [5.74, 6) is 0.136. The van der Waals surface area contributed by atoms with Crippen LogP contribution in [0.25, 0.3) is 27.8 Å². The molecule has 0 unspecified atom stereocenters. The van der Waals surface area contributed by atoms with E-state index in [1.165, 1.54) is 40.3 Å². The number of hydrogen-bond acceptors (Lipinski definition) is 5. The zero-order valence-electron chi connectivity index (χ0n) is 23.9. The van der Waals surface area contributed by atoms with Gasteiger partial charge in [0.25, 0.3) is 11.5 Å². The Morgan fingerprint density at radius 1 is 1.14 bits per heavy atom. The predicted molar refractivity (Wildman–Crippen MR) is 158 cm³/mol. The van der Waals surface area contributed by atoms with E-state index in [9.17, 15) is 23.6 Å². The van der Waals surface area contributed by atoms with Crippen LogP contribution in [-0.2, 0) is 6.54 Å². The van der Waals surface area contributed by atoms with Gasteiger partial charge >= 0.3 is 0 Å². The van der Waals surface area contributed by atoms with E-state index in [1.54, 1.807) is 6.07 Å². The highest BCUT2D eigenvalue weighted by molar-refractivity contribution is 6.01. The summed E-state index contributed by atoms with van der Waals surface area (Å²) in [5.41, 5.74) is 3.22. The molecule has 5 heterocycles. The summed E-state index contributed by atoms with van der Waals surface area (Å²) in [5, 5.41) is 10.6. The minimum Gasteiger partial charge on any atom is -0.353 e. The van der Waals surface area contributed by atoms with Crippen LogP contribution in [0.5, 0.6) is 0 Å². The molecule has 3 aromatic heterocycles. The molecule has 10 heteroatoms. The molecule has 2 saturated heterocycles. The van der Waals surface area contributed by atoms with Gasteiger partial charge in [-0.25, -0.2) is 13.8 Å². The number of nitrogens with one attached hydrogen (secondary N) is 1. The number of carbonyl (C=O) groups excluding carboxylic acids is 1. The van der Waals surface area contributed by atoms with E-state index in [1.807, 2.05) is 12.1 Å². The number of aromatic nitrogens is 3. The molecule has 7 rings (SSSR count). The number of aromatic amines is 1. The number of H-pyrrole nitrogens is 1. The number of nitrogens with zero attached hydrogens (tertiary/aromatic N) is 5. The summed E-state index contributed by atoms with van der Waals surface area (Å²) in [7, 11) is 0. The number of pyridine rings is 2. The van der Waals surface area contributed by atoms with Crippen molar-refractivity contribution in [3.05, 3.63) is 81.3 Å². The lowest BCUT2D eigenvalue weighted by atomic mass is 9.96. The van der Waals surface area contributed by atoms with Crippen molar-refractivity contribution in [2.45, 2.75) is 51.2 Å². The van der Waals surface area contributed by atoms with Crippen molar-refractivity contribution in [1.82, 2.24) is 24.3 Å². The fourth-order valence-electron chi connectivity index (χ4n) is 6.39. The fourth-order valence-corrected chi connectivity index (χ4v) is 6.39. The summed E-state index contributed by atoms with van der Waals surface area (Å²) in [4.78, 5) is 39.0. The average molecular weight is 583 g/mol. The van der Waals surface area contributed by atoms with Gasteiger partial charge in [-0.3, -0.25) is 19.1 Å². The number of hydrogen-bond donors (Lipinski definition) is 1. The summed E-state index contributed by atoms with van der Waals surface area (Å²) in [6, 6.07) is 11.7. The van der Waals surface area contributed by atoms with E-state index in [2.05, 4.69) is 22.9 Å². The Labute approximate surface area is 247 Å². The van der Waals surface area contributed by atoms with Crippen LogP contribution in [0.15, 0.2) is 47.4 Å². The molecule has 220 valence electrons. The lowest BCUT2D eigenvalue weighted by molar-refractivity contribution is 0.0400. The Morgan fingerprint density at radius 3 is 2.67 bits per heavy atom. The van der Waals surface area contributed by atoms with Gasteiger partial charge in [-0.05, 0) is 79.6 Å². The summed E-state index contributed by atoms with van der Waals surface area (Å²) in [6.45, 7) is 4.86. The largest absolute Gasteiger partial charge is 0.353 e. The number of carbonyl (C=O) groups is 1. The van der Waals surface area contributed by atoms with Gasteiger partial charge in [0.05, 0.1) is 24.2 Å². The molecule has 0 bridgehead atoms. The molecule has 0 spiro atoms. The minimum atomic E-state index is -1.08. The molecule has 8 nitrogen and oxygen atoms in total. The maximum absolute atomic E-state index is 14.4. The third-order valence-electron chi connectivity index (χ3n) is 8.83. The SMILES string of the molecule is C[C@H]1CCCN(Cc2cc3c(C#N)cn(-c4cc(-c5ccc(F)cc5C(=O)N5CC(F)C5)cc(C5CC5)n4)c(=O)c3[nH]2)C1. The summed E-state index contributed by atoms with van der Waals surface area (Å²) < 4.78 is 29.3. The molecule has 1 amide bonds. The third-order valence-corrected chi connectivity index (χ3v) is 8.83. The van der Waals surface area contributed by atoms with Crippen molar-refractivity contribution in [2.24, 2.45) is 5.92 Å². The zero-order chi connectivity index (χ0) is 29.8. The lowest BCUT2D eigenvalue weighted by Gasteiger charge is -2.34.